The largest absolute Gasteiger partial charge is 0.495 e. The fourth-order valence-electron chi connectivity index (χ4n) is 2.40. The Bertz CT molecular complexity index is 745. The lowest BCUT2D eigenvalue weighted by Crippen LogP contribution is -1.97. The highest BCUT2D eigenvalue weighted by Gasteiger charge is 2.12. The molecule has 0 spiro atoms. The third-order valence-corrected chi connectivity index (χ3v) is 3.59. The predicted molar refractivity (Wildman–Crippen MR) is 97.7 cm³/mol. The van der Waals surface area contributed by atoms with Crippen LogP contribution < -0.4 is 24.3 Å². The molecule has 0 saturated carbocycles. The number of anilines is 1. The van der Waals surface area contributed by atoms with Crippen molar-refractivity contribution in [1.82, 2.24) is 0 Å². The van der Waals surface area contributed by atoms with Crippen molar-refractivity contribution in [2.75, 3.05) is 33.8 Å². The van der Waals surface area contributed by atoms with Gasteiger partial charge in [-0.25, -0.2) is 0 Å². The number of hydrogen-bond donors (Lipinski definition) is 1. The van der Waals surface area contributed by atoms with Crippen LogP contribution in [0, 0.1) is 0 Å². The van der Waals surface area contributed by atoms with Crippen molar-refractivity contribution in [2.45, 2.75) is 0 Å². The van der Waals surface area contributed by atoms with E-state index in [1.807, 2.05) is 36.4 Å². The number of amides is 1. The van der Waals surface area contributed by atoms with Crippen LogP contribution in [0.15, 0.2) is 30.3 Å². The summed E-state index contributed by atoms with van der Waals surface area (Å²) in [5, 5.41) is 2.62. The smallest absolute Gasteiger partial charge is 0.211 e. The van der Waals surface area contributed by atoms with Crippen molar-refractivity contribution in [3.8, 4) is 23.0 Å². The van der Waals surface area contributed by atoms with E-state index in [0.717, 1.165) is 11.1 Å². The average molecular weight is 343 g/mol. The second kappa shape index (κ2) is 8.63. The van der Waals surface area contributed by atoms with E-state index in [-0.39, 0.29) is 0 Å². The van der Waals surface area contributed by atoms with Crippen LogP contribution in [0.1, 0.15) is 11.1 Å². The number of methoxy groups -OCH3 is 4. The molecular weight excluding hydrogens is 322 g/mol. The van der Waals surface area contributed by atoms with Crippen molar-refractivity contribution < 1.29 is 23.7 Å². The Hall–Kier alpha value is -3.15. The lowest BCUT2D eigenvalue weighted by molar-refractivity contribution is -0.105. The molecule has 0 radical (unpaired) electrons. The van der Waals surface area contributed by atoms with E-state index >= 15 is 0 Å². The van der Waals surface area contributed by atoms with Crippen LogP contribution in [0.4, 0.5) is 5.69 Å². The Morgan fingerprint density at radius 1 is 0.760 bits per heavy atom. The Kier molecular flexibility index (Phi) is 6.28. The maximum absolute atomic E-state index is 10.7. The molecule has 132 valence electrons. The van der Waals surface area contributed by atoms with Gasteiger partial charge in [0, 0.05) is 0 Å². The van der Waals surface area contributed by atoms with Crippen molar-refractivity contribution in [1.29, 1.82) is 0 Å². The van der Waals surface area contributed by atoms with Gasteiger partial charge in [-0.1, -0.05) is 18.2 Å². The van der Waals surface area contributed by atoms with Crippen molar-refractivity contribution >= 4 is 24.2 Å². The summed E-state index contributed by atoms with van der Waals surface area (Å²) in [5.74, 6) is 2.31. The molecule has 0 aromatic heterocycles. The minimum Gasteiger partial charge on any atom is -0.495 e. The predicted octanol–water partition coefficient (Wildman–Crippen LogP) is 3.46. The molecule has 1 N–H and O–H groups in total. The molecular formula is C19H21NO5. The highest BCUT2D eigenvalue weighted by molar-refractivity contribution is 5.79. The number of hydrogen-bond acceptors (Lipinski definition) is 5. The van der Waals surface area contributed by atoms with Gasteiger partial charge in [0.1, 0.15) is 5.75 Å². The summed E-state index contributed by atoms with van der Waals surface area (Å²) in [6.45, 7) is 0. The normalized spacial score (nSPS) is 10.4. The maximum Gasteiger partial charge on any atom is 0.211 e. The molecule has 0 heterocycles. The first kappa shape index (κ1) is 18.2. The average Bonchev–Trinajstić information content (AvgIpc) is 2.65. The van der Waals surface area contributed by atoms with Crippen LogP contribution in [0.25, 0.3) is 12.2 Å². The number of carbonyl (C=O) groups excluding carboxylic acids is 1. The quantitative estimate of drug-likeness (QED) is 0.587. The molecule has 0 atom stereocenters. The van der Waals surface area contributed by atoms with Gasteiger partial charge in [0.15, 0.2) is 11.5 Å². The third kappa shape index (κ3) is 4.23. The number of carbonyl (C=O) groups is 1. The van der Waals surface area contributed by atoms with Crippen LogP contribution in [-0.4, -0.2) is 34.8 Å². The van der Waals surface area contributed by atoms with Gasteiger partial charge in [0.2, 0.25) is 12.2 Å². The summed E-state index contributed by atoms with van der Waals surface area (Å²) in [4.78, 5) is 10.7. The number of ether oxygens (including phenoxy) is 4. The second-order valence-corrected chi connectivity index (χ2v) is 5.01. The summed E-state index contributed by atoms with van der Waals surface area (Å²) in [7, 11) is 6.27. The first-order chi connectivity index (χ1) is 12.2. The fourth-order valence-corrected chi connectivity index (χ4v) is 2.40. The fraction of sp³-hybridized carbons (Fsp3) is 0.211. The molecule has 1 amide bonds. The van der Waals surface area contributed by atoms with Crippen molar-refractivity contribution in [3.05, 3.63) is 41.5 Å². The Balaban J connectivity index is 2.35. The van der Waals surface area contributed by atoms with Gasteiger partial charge in [-0.2, -0.15) is 0 Å². The second-order valence-electron chi connectivity index (χ2n) is 5.01. The van der Waals surface area contributed by atoms with E-state index in [2.05, 4.69) is 5.32 Å². The zero-order chi connectivity index (χ0) is 18.2. The summed E-state index contributed by atoms with van der Waals surface area (Å²) in [6, 6.07) is 9.21. The van der Waals surface area contributed by atoms with Gasteiger partial charge < -0.3 is 24.3 Å². The number of nitrogens with one attached hydrogen (secondary N) is 1. The molecule has 0 unspecified atom stereocenters. The number of rotatable bonds is 8. The number of benzene rings is 2. The van der Waals surface area contributed by atoms with Crippen LogP contribution in [0.2, 0.25) is 0 Å². The minimum atomic E-state index is 0.545. The highest BCUT2D eigenvalue weighted by Crippen LogP contribution is 2.38. The van der Waals surface area contributed by atoms with Gasteiger partial charge in [-0.3, -0.25) is 4.79 Å². The van der Waals surface area contributed by atoms with E-state index in [9.17, 15) is 4.79 Å². The molecule has 6 heteroatoms. The van der Waals surface area contributed by atoms with E-state index in [0.29, 0.717) is 35.1 Å². The molecule has 0 saturated heterocycles. The standard InChI is InChI=1S/C19H21NO5/c1-22-16-8-7-13(9-15(16)20-12-21)5-6-14-10-17(23-2)19(25-4)18(11-14)24-3/h5-12H,1-4H3,(H,20,21)/b6-5+. The summed E-state index contributed by atoms with van der Waals surface area (Å²) in [6.07, 6.45) is 4.44. The lowest BCUT2D eigenvalue weighted by atomic mass is 10.1. The Morgan fingerprint density at radius 3 is 1.88 bits per heavy atom. The van der Waals surface area contributed by atoms with E-state index in [4.69, 9.17) is 18.9 Å². The van der Waals surface area contributed by atoms with Gasteiger partial charge in [-0.05, 0) is 35.4 Å². The Morgan fingerprint density at radius 2 is 1.36 bits per heavy atom. The first-order valence-electron chi connectivity index (χ1n) is 7.53. The maximum atomic E-state index is 10.7. The molecule has 25 heavy (non-hydrogen) atoms. The van der Waals surface area contributed by atoms with Crippen molar-refractivity contribution in [2.24, 2.45) is 0 Å². The van der Waals surface area contributed by atoms with E-state index in [1.54, 1.807) is 34.5 Å². The highest BCUT2D eigenvalue weighted by atomic mass is 16.5. The van der Waals surface area contributed by atoms with E-state index < -0.39 is 0 Å². The topological polar surface area (TPSA) is 66.0 Å². The van der Waals surface area contributed by atoms with E-state index in [1.165, 1.54) is 0 Å². The zero-order valence-corrected chi connectivity index (χ0v) is 14.7. The lowest BCUT2D eigenvalue weighted by Gasteiger charge is -2.13. The van der Waals surface area contributed by atoms with Crippen LogP contribution in [-0.2, 0) is 4.79 Å². The molecule has 0 aliphatic rings. The molecule has 0 aliphatic heterocycles. The third-order valence-electron chi connectivity index (χ3n) is 3.59. The first-order valence-corrected chi connectivity index (χ1v) is 7.53. The van der Waals surface area contributed by atoms with Crippen LogP contribution >= 0.6 is 0 Å². The van der Waals surface area contributed by atoms with Gasteiger partial charge in [-0.15, -0.1) is 0 Å². The monoisotopic (exact) mass is 343 g/mol. The van der Waals surface area contributed by atoms with Crippen molar-refractivity contribution in [3.63, 3.8) is 0 Å². The molecule has 2 rings (SSSR count). The summed E-state index contributed by atoms with van der Waals surface area (Å²) < 4.78 is 21.2. The molecule has 6 nitrogen and oxygen atoms in total. The Labute approximate surface area is 147 Å². The SMILES string of the molecule is COc1ccc(/C=C/c2cc(OC)c(OC)c(OC)c2)cc1NC=O. The zero-order valence-electron chi connectivity index (χ0n) is 14.7. The summed E-state index contributed by atoms with van der Waals surface area (Å²) in [5.41, 5.74) is 2.39. The van der Waals surface area contributed by atoms with Gasteiger partial charge >= 0.3 is 0 Å². The minimum absolute atomic E-state index is 0.545. The van der Waals surface area contributed by atoms with Gasteiger partial charge in [0.05, 0.1) is 34.1 Å². The van der Waals surface area contributed by atoms with Crippen LogP contribution in [0.3, 0.4) is 0 Å². The molecule has 0 fully saturated rings. The molecule has 2 aromatic carbocycles. The van der Waals surface area contributed by atoms with Crippen LogP contribution in [0.5, 0.6) is 23.0 Å². The molecule has 0 aliphatic carbocycles. The molecule has 2 aromatic rings. The van der Waals surface area contributed by atoms with Gasteiger partial charge in [0.25, 0.3) is 0 Å². The summed E-state index contributed by atoms with van der Waals surface area (Å²) >= 11 is 0. The molecule has 0 bridgehead atoms.